The van der Waals surface area contributed by atoms with E-state index in [9.17, 15) is 14.0 Å². The van der Waals surface area contributed by atoms with Gasteiger partial charge < -0.3 is 19.7 Å². The van der Waals surface area contributed by atoms with Crippen LogP contribution in [0.15, 0.2) is 66.7 Å². The number of nitrogens with zero attached hydrogens (tertiary/aromatic N) is 1. The monoisotopic (exact) mass is 406 g/mol. The second-order valence-corrected chi connectivity index (χ2v) is 6.76. The number of halogens is 1. The van der Waals surface area contributed by atoms with E-state index in [0.717, 1.165) is 5.56 Å². The molecule has 1 heterocycles. The molecule has 6 nitrogen and oxygen atoms in total. The van der Waals surface area contributed by atoms with Crippen molar-refractivity contribution in [3.63, 3.8) is 0 Å². The number of benzene rings is 3. The van der Waals surface area contributed by atoms with Crippen LogP contribution in [-0.4, -0.2) is 25.5 Å². The zero-order valence-corrected chi connectivity index (χ0v) is 16.2. The van der Waals surface area contributed by atoms with Crippen LogP contribution in [0.1, 0.15) is 15.9 Å². The third-order valence-corrected chi connectivity index (χ3v) is 4.77. The van der Waals surface area contributed by atoms with Gasteiger partial charge in [-0.2, -0.15) is 0 Å². The second-order valence-electron chi connectivity index (χ2n) is 6.76. The summed E-state index contributed by atoms with van der Waals surface area (Å²) in [5.41, 5.74) is 2.43. The van der Waals surface area contributed by atoms with Crippen LogP contribution in [0, 0.1) is 5.82 Å². The third-order valence-electron chi connectivity index (χ3n) is 4.77. The Bertz CT molecular complexity index is 1080. The van der Waals surface area contributed by atoms with Gasteiger partial charge in [0.25, 0.3) is 11.8 Å². The Labute approximate surface area is 172 Å². The van der Waals surface area contributed by atoms with Gasteiger partial charge in [0.05, 0.1) is 19.3 Å². The Balaban J connectivity index is 1.52. The number of carbonyl (C=O) groups is 2. The molecule has 0 fully saturated rings. The number of nitrogens with one attached hydrogen (secondary N) is 1. The molecule has 0 spiro atoms. The molecule has 0 radical (unpaired) electrons. The number of rotatable bonds is 5. The molecule has 0 saturated carbocycles. The van der Waals surface area contributed by atoms with E-state index in [2.05, 4.69) is 5.32 Å². The van der Waals surface area contributed by atoms with Crippen LogP contribution in [0.3, 0.4) is 0 Å². The summed E-state index contributed by atoms with van der Waals surface area (Å²) in [7, 11) is 1.56. The number of carbonyl (C=O) groups excluding carboxylic acids is 2. The Morgan fingerprint density at radius 3 is 2.53 bits per heavy atom. The third kappa shape index (κ3) is 4.10. The average molecular weight is 406 g/mol. The van der Waals surface area contributed by atoms with Crippen molar-refractivity contribution in [3.8, 4) is 11.5 Å². The molecule has 0 aliphatic carbocycles. The van der Waals surface area contributed by atoms with Crippen LogP contribution >= 0.6 is 0 Å². The fraction of sp³-hybridized carbons (Fsp3) is 0.130. The normalized spacial score (nSPS) is 12.7. The minimum absolute atomic E-state index is 0.107. The molecular formula is C23H19FN2O4. The quantitative estimate of drug-likeness (QED) is 0.695. The molecular weight excluding hydrogens is 387 g/mol. The first-order valence-electron chi connectivity index (χ1n) is 9.30. The summed E-state index contributed by atoms with van der Waals surface area (Å²) in [6, 6.07) is 17.9. The predicted octanol–water partition coefficient (Wildman–Crippen LogP) is 4.01. The van der Waals surface area contributed by atoms with Gasteiger partial charge in [0.1, 0.15) is 17.3 Å². The van der Waals surface area contributed by atoms with Crippen LogP contribution in [0.5, 0.6) is 11.5 Å². The van der Waals surface area contributed by atoms with E-state index in [-0.39, 0.29) is 24.2 Å². The highest BCUT2D eigenvalue weighted by Crippen LogP contribution is 2.35. The molecule has 2 amide bonds. The zero-order valence-electron chi connectivity index (χ0n) is 16.2. The van der Waals surface area contributed by atoms with E-state index >= 15 is 0 Å². The van der Waals surface area contributed by atoms with Crippen molar-refractivity contribution in [2.45, 2.75) is 6.54 Å². The number of hydrogen-bond acceptors (Lipinski definition) is 4. The summed E-state index contributed by atoms with van der Waals surface area (Å²) in [5, 5.41) is 2.82. The van der Waals surface area contributed by atoms with E-state index in [0.29, 0.717) is 35.0 Å². The molecule has 4 rings (SSSR count). The van der Waals surface area contributed by atoms with Crippen LogP contribution in [0.25, 0.3) is 0 Å². The van der Waals surface area contributed by atoms with Crippen molar-refractivity contribution in [2.24, 2.45) is 0 Å². The lowest BCUT2D eigenvalue weighted by molar-refractivity contribution is -0.121. The summed E-state index contributed by atoms with van der Waals surface area (Å²) in [4.78, 5) is 26.4. The maximum Gasteiger partial charge on any atom is 0.265 e. The van der Waals surface area contributed by atoms with Crippen LogP contribution in [-0.2, 0) is 11.3 Å². The number of fused-ring (bicyclic) bond motifs is 1. The van der Waals surface area contributed by atoms with Crippen molar-refractivity contribution < 1.29 is 23.5 Å². The smallest absolute Gasteiger partial charge is 0.265 e. The summed E-state index contributed by atoms with van der Waals surface area (Å²) in [6.45, 7) is 0.192. The molecule has 30 heavy (non-hydrogen) atoms. The summed E-state index contributed by atoms with van der Waals surface area (Å²) >= 11 is 0. The number of hydrogen-bond donors (Lipinski definition) is 1. The SMILES string of the molecule is COc1ccc(C(=O)Nc2ccc3c(c2)OCC(=O)N3Cc2ccc(F)cc2)cc1. The molecule has 0 aromatic heterocycles. The Morgan fingerprint density at radius 1 is 1.10 bits per heavy atom. The van der Waals surface area contributed by atoms with E-state index in [4.69, 9.17) is 9.47 Å². The first-order valence-corrected chi connectivity index (χ1v) is 9.30. The first-order chi connectivity index (χ1) is 14.5. The zero-order chi connectivity index (χ0) is 21.1. The highest BCUT2D eigenvalue weighted by Gasteiger charge is 2.26. The molecule has 0 atom stereocenters. The highest BCUT2D eigenvalue weighted by molar-refractivity contribution is 6.05. The van der Waals surface area contributed by atoms with Gasteiger partial charge in [0.15, 0.2) is 6.61 Å². The number of amides is 2. The maximum absolute atomic E-state index is 13.1. The topological polar surface area (TPSA) is 67.9 Å². The lowest BCUT2D eigenvalue weighted by Crippen LogP contribution is -2.38. The van der Waals surface area contributed by atoms with Crippen LogP contribution < -0.4 is 19.7 Å². The molecule has 0 bridgehead atoms. The largest absolute Gasteiger partial charge is 0.497 e. The standard InChI is InChI=1S/C23H19FN2O4/c1-29-19-9-4-16(5-10-19)23(28)25-18-8-11-20-21(12-18)30-14-22(27)26(20)13-15-2-6-17(24)7-3-15/h2-12H,13-14H2,1H3,(H,25,28). The minimum Gasteiger partial charge on any atom is -0.497 e. The van der Waals surface area contributed by atoms with Crippen molar-refractivity contribution in [3.05, 3.63) is 83.7 Å². The fourth-order valence-electron chi connectivity index (χ4n) is 3.17. The van der Waals surface area contributed by atoms with Gasteiger partial charge in [-0.05, 0) is 54.1 Å². The molecule has 1 aliphatic rings. The predicted molar refractivity (Wildman–Crippen MR) is 110 cm³/mol. The molecule has 1 aliphatic heterocycles. The minimum atomic E-state index is -0.329. The molecule has 1 N–H and O–H groups in total. The van der Waals surface area contributed by atoms with Gasteiger partial charge in [-0.25, -0.2) is 4.39 Å². The lowest BCUT2D eigenvalue weighted by Gasteiger charge is -2.29. The molecule has 152 valence electrons. The summed E-state index contributed by atoms with van der Waals surface area (Å²) in [6.07, 6.45) is 0. The van der Waals surface area contributed by atoms with Crippen molar-refractivity contribution in [1.82, 2.24) is 0 Å². The highest BCUT2D eigenvalue weighted by atomic mass is 19.1. The number of ether oxygens (including phenoxy) is 2. The van der Waals surface area contributed by atoms with E-state index in [1.807, 2.05) is 0 Å². The molecule has 3 aromatic rings. The van der Waals surface area contributed by atoms with Gasteiger partial charge in [-0.15, -0.1) is 0 Å². The summed E-state index contributed by atoms with van der Waals surface area (Å²) in [5.74, 6) is 0.364. The fourth-order valence-corrected chi connectivity index (χ4v) is 3.17. The van der Waals surface area contributed by atoms with Crippen molar-refractivity contribution in [1.29, 1.82) is 0 Å². The van der Waals surface area contributed by atoms with Gasteiger partial charge in [-0.3, -0.25) is 9.59 Å². The number of anilines is 2. The van der Waals surface area contributed by atoms with Crippen molar-refractivity contribution >= 4 is 23.2 Å². The number of methoxy groups -OCH3 is 1. The molecule has 0 saturated heterocycles. The van der Waals surface area contributed by atoms with Gasteiger partial charge in [0.2, 0.25) is 0 Å². The lowest BCUT2D eigenvalue weighted by atomic mass is 10.1. The van der Waals surface area contributed by atoms with E-state index in [1.165, 1.54) is 12.1 Å². The Kier molecular flexibility index (Phi) is 5.34. The van der Waals surface area contributed by atoms with Crippen molar-refractivity contribution in [2.75, 3.05) is 23.9 Å². The Morgan fingerprint density at radius 2 is 1.83 bits per heavy atom. The van der Waals surface area contributed by atoms with Gasteiger partial charge >= 0.3 is 0 Å². The molecule has 7 heteroatoms. The Hall–Kier alpha value is -3.87. The van der Waals surface area contributed by atoms with Gasteiger partial charge in [-0.1, -0.05) is 12.1 Å². The van der Waals surface area contributed by atoms with Crippen LogP contribution in [0.2, 0.25) is 0 Å². The van der Waals surface area contributed by atoms with E-state index < -0.39 is 0 Å². The van der Waals surface area contributed by atoms with E-state index in [1.54, 1.807) is 66.6 Å². The molecule has 0 unspecified atom stereocenters. The maximum atomic E-state index is 13.1. The van der Waals surface area contributed by atoms with Gasteiger partial charge in [0, 0.05) is 17.3 Å². The van der Waals surface area contributed by atoms with Crippen LogP contribution in [0.4, 0.5) is 15.8 Å². The summed E-state index contributed by atoms with van der Waals surface area (Å²) < 4.78 is 23.8. The molecule has 3 aromatic carbocycles. The second kappa shape index (κ2) is 8.24. The average Bonchev–Trinajstić information content (AvgIpc) is 2.77. The first kappa shape index (κ1) is 19.4.